The fourth-order valence-corrected chi connectivity index (χ4v) is 3.85. The molecule has 0 saturated heterocycles. The lowest BCUT2D eigenvalue weighted by atomic mass is 9.95. The van der Waals surface area contributed by atoms with Crippen LogP contribution in [0.3, 0.4) is 0 Å². The van der Waals surface area contributed by atoms with E-state index in [0.29, 0.717) is 35.7 Å². The van der Waals surface area contributed by atoms with Crippen LogP contribution in [-0.2, 0) is 17.8 Å². The summed E-state index contributed by atoms with van der Waals surface area (Å²) in [5, 5.41) is 9.52. The molecule has 0 aromatic heterocycles. The largest absolute Gasteiger partial charge is 0.334 e. The van der Waals surface area contributed by atoms with Crippen LogP contribution in [0, 0.1) is 0 Å². The number of carbonyl (C=O) groups excluding carboxylic acids is 2. The molecule has 3 aromatic carbocycles. The van der Waals surface area contributed by atoms with Crippen molar-refractivity contribution in [3.05, 3.63) is 106 Å². The number of benzene rings is 3. The molecule has 1 aliphatic heterocycles. The van der Waals surface area contributed by atoms with Gasteiger partial charge in [-0.15, -0.1) is 0 Å². The molecule has 2 amide bonds. The van der Waals surface area contributed by atoms with Crippen LogP contribution < -0.4 is 5.48 Å². The van der Waals surface area contributed by atoms with E-state index in [-0.39, 0.29) is 5.91 Å². The third kappa shape index (κ3) is 4.68. The van der Waals surface area contributed by atoms with Crippen LogP contribution in [-0.4, -0.2) is 28.5 Å². The molecule has 31 heavy (non-hydrogen) atoms. The number of fused-ring (bicyclic) bond motifs is 1. The van der Waals surface area contributed by atoms with E-state index in [1.54, 1.807) is 34.6 Å². The van der Waals surface area contributed by atoms with Crippen LogP contribution in [0.4, 0.5) is 0 Å². The molecule has 1 heterocycles. The lowest BCUT2D eigenvalue weighted by molar-refractivity contribution is -0.125. The molecule has 0 spiro atoms. The van der Waals surface area contributed by atoms with Crippen LogP contribution in [0.15, 0.2) is 72.8 Å². The van der Waals surface area contributed by atoms with Gasteiger partial charge in [0.2, 0.25) is 0 Å². The molecule has 1 aliphatic rings. The van der Waals surface area contributed by atoms with E-state index in [0.717, 1.165) is 22.3 Å². The van der Waals surface area contributed by atoms with Crippen molar-refractivity contribution in [1.82, 2.24) is 10.4 Å². The molecule has 0 bridgehead atoms. The Morgan fingerprint density at radius 1 is 0.935 bits per heavy atom. The third-order valence-electron chi connectivity index (χ3n) is 5.37. The SMILES string of the molecule is O=C(NO)c1ccc2c(c1)CN(C(=O)C(=Cc1ccccc1)c1ccc(Cl)cc1)CC2. The summed E-state index contributed by atoms with van der Waals surface area (Å²) in [6.45, 7) is 0.970. The van der Waals surface area contributed by atoms with Gasteiger partial charge in [-0.2, -0.15) is 0 Å². The zero-order valence-electron chi connectivity index (χ0n) is 16.7. The Kier molecular flexibility index (Phi) is 6.16. The maximum atomic E-state index is 13.6. The molecule has 6 heteroatoms. The molecule has 0 fully saturated rings. The van der Waals surface area contributed by atoms with E-state index in [4.69, 9.17) is 16.8 Å². The minimum Gasteiger partial charge on any atom is -0.334 e. The zero-order valence-corrected chi connectivity index (χ0v) is 17.5. The highest BCUT2D eigenvalue weighted by molar-refractivity contribution is 6.31. The Labute approximate surface area is 185 Å². The minimum absolute atomic E-state index is 0.0890. The molecule has 3 aromatic rings. The van der Waals surface area contributed by atoms with E-state index >= 15 is 0 Å². The van der Waals surface area contributed by atoms with Crippen molar-refractivity contribution >= 4 is 35.1 Å². The normalized spacial score (nSPS) is 13.5. The smallest absolute Gasteiger partial charge is 0.274 e. The van der Waals surface area contributed by atoms with Crippen LogP contribution in [0.25, 0.3) is 11.6 Å². The Morgan fingerprint density at radius 2 is 1.65 bits per heavy atom. The maximum absolute atomic E-state index is 13.6. The van der Waals surface area contributed by atoms with Crippen molar-refractivity contribution in [2.45, 2.75) is 13.0 Å². The van der Waals surface area contributed by atoms with Crippen molar-refractivity contribution < 1.29 is 14.8 Å². The van der Waals surface area contributed by atoms with E-state index < -0.39 is 5.91 Å². The number of hydroxylamine groups is 1. The average Bonchev–Trinajstić information content (AvgIpc) is 2.82. The van der Waals surface area contributed by atoms with E-state index in [1.807, 2.05) is 54.6 Å². The van der Waals surface area contributed by atoms with Crippen LogP contribution in [0.5, 0.6) is 0 Å². The van der Waals surface area contributed by atoms with Crippen LogP contribution >= 0.6 is 11.6 Å². The highest BCUT2D eigenvalue weighted by Gasteiger charge is 2.25. The number of hydrogen-bond donors (Lipinski definition) is 2. The van der Waals surface area contributed by atoms with Gasteiger partial charge in [-0.1, -0.05) is 60.1 Å². The van der Waals surface area contributed by atoms with Gasteiger partial charge in [0.05, 0.1) is 0 Å². The van der Waals surface area contributed by atoms with Crippen molar-refractivity contribution in [3.63, 3.8) is 0 Å². The third-order valence-corrected chi connectivity index (χ3v) is 5.62. The van der Waals surface area contributed by atoms with Gasteiger partial charge in [0, 0.05) is 29.2 Å². The molecule has 4 rings (SSSR count). The van der Waals surface area contributed by atoms with Gasteiger partial charge < -0.3 is 4.90 Å². The first-order valence-corrected chi connectivity index (χ1v) is 10.3. The highest BCUT2D eigenvalue weighted by atomic mass is 35.5. The quantitative estimate of drug-likeness (QED) is 0.274. The number of nitrogens with zero attached hydrogens (tertiary/aromatic N) is 1. The Balaban J connectivity index is 1.67. The summed E-state index contributed by atoms with van der Waals surface area (Å²) >= 11 is 6.05. The topological polar surface area (TPSA) is 69.6 Å². The summed E-state index contributed by atoms with van der Waals surface area (Å²) in [6, 6.07) is 22.2. The summed E-state index contributed by atoms with van der Waals surface area (Å²) in [4.78, 5) is 27.1. The average molecular weight is 433 g/mol. The van der Waals surface area contributed by atoms with E-state index in [2.05, 4.69) is 0 Å². The number of hydrogen-bond acceptors (Lipinski definition) is 3. The number of rotatable bonds is 4. The van der Waals surface area contributed by atoms with E-state index in [1.165, 1.54) is 0 Å². The predicted molar refractivity (Wildman–Crippen MR) is 121 cm³/mol. The van der Waals surface area contributed by atoms with Gasteiger partial charge in [-0.25, -0.2) is 5.48 Å². The lowest BCUT2D eigenvalue weighted by Crippen LogP contribution is -2.36. The summed E-state index contributed by atoms with van der Waals surface area (Å²) in [5.41, 5.74) is 6.30. The molecule has 2 N–H and O–H groups in total. The van der Waals surface area contributed by atoms with Crippen molar-refractivity contribution in [2.75, 3.05) is 6.54 Å². The van der Waals surface area contributed by atoms with E-state index in [9.17, 15) is 9.59 Å². The first-order chi connectivity index (χ1) is 15.0. The fraction of sp³-hybridized carbons (Fsp3) is 0.120. The summed E-state index contributed by atoms with van der Waals surface area (Å²) < 4.78 is 0. The highest BCUT2D eigenvalue weighted by Crippen LogP contribution is 2.27. The summed E-state index contributed by atoms with van der Waals surface area (Å²) in [6.07, 6.45) is 2.58. The number of nitrogens with one attached hydrogen (secondary N) is 1. The predicted octanol–water partition coefficient (Wildman–Crippen LogP) is 4.58. The standard InChI is InChI=1S/C25H21ClN2O3/c26-22-10-8-19(9-11-22)23(14-17-4-2-1-3-5-17)25(30)28-13-12-18-6-7-20(24(29)27-31)15-21(18)16-28/h1-11,14-15,31H,12-13,16H2,(H,27,29). The molecule has 0 saturated carbocycles. The Hall–Kier alpha value is -3.41. The van der Waals surface area contributed by atoms with Gasteiger partial charge in [0.25, 0.3) is 11.8 Å². The fourth-order valence-electron chi connectivity index (χ4n) is 3.72. The van der Waals surface area contributed by atoms with Gasteiger partial charge in [-0.3, -0.25) is 14.8 Å². The summed E-state index contributed by atoms with van der Waals surface area (Å²) in [5.74, 6) is -0.661. The van der Waals surface area contributed by atoms with Crippen LogP contribution in [0.2, 0.25) is 5.02 Å². The molecular weight excluding hydrogens is 412 g/mol. The molecule has 0 atom stereocenters. The second-order valence-corrected chi connectivity index (χ2v) is 7.81. The summed E-state index contributed by atoms with van der Waals surface area (Å²) in [7, 11) is 0. The lowest BCUT2D eigenvalue weighted by Gasteiger charge is -2.30. The van der Waals surface area contributed by atoms with Crippen molar-refractivity contribution in [3.8, 4) is 0 Å². The van der Waals surface area contributed by atoms with Gasteiger partial charge >= 0.3 is 0 Å². The second kappa shape index (κ2) is 9.16. The molecule has 0 unspecified atom stereocenters. The first kappa shape index (κ1) is 20.8. The number of amides is 2. The first-order valence-electron chi connectivity index (χ1n) is 9.93. The van der Waals surface area contributed by atoms with Gasteiger partial charge in [0.1, 0.15) is 0 Å². The Morgan fingerprint density at radius 3 is 2.35 bits per heavy atom. The van der Waals surface area contributed by atoms with Crippen molar-refractivity contribution in [2.24, 2.45) is 0 Å². The maximum Gasteiger partial charge on any atom is 0.274 e. The monoisotopic (exact) mass is 432 g/mol. The zero-order chi connectivity index (χ0) is 21.8. The molecule has 0 aliphatic carbocycles. The molecule has 5 nitrogen and oxygen atoms in total. The van der Waals surface area contributed by atoms with Gasteiger partial charge in [-0.05, 0) is 59.0 Å². The van der Waals surface area contributed by atoms with Crippen molar-refractivity contribution in [1.29, 1.82) is 0 Å². The molecule has 156 valence electrons. The van der Waals surface area contributed by atoms with Crippen LogP contribution in [0.1, 0.15) is 32.6 Å². The minimum atomic E-state index is -0.572. The number of carbonyl (C=O) groups is 2. The molecule has 0 radical (unpaired) electrons. The molecular formula is C25H21ClN2O3. The Bertz CT molecular complexity index is 1140. The second-order valence-electron chi connectivity index (χ2n) is 7.38. The number of halogens is 1. The van der Waals surface area contributed by atoms with Gasteiger partial charge in [0.15, 0.2) is 0 Å².